The van der Waals surface area contributed by atoms with E-state index >= 15 is 0 Å². The topological polar surface area (TPSA) is 96.5 Å². The van der Waals surface area contributed by atoms with Gasteiger partial charge in [0, 0.05) is 5.56 Å². The Kier molecular flexibility index (Phi) is 3.89. The number of ether oxygens (including phenoxy) is 1. The molecule has 7 nitrogen and oxygen atoms in total. The quantitative estimate of drug-likeness (QED) is 0.615. The molecule has 0 saturated heterocycles. The minimum atomic E-state index is -0.848. The number of nitriles is 1. The van der Waals surface area contributed by atoms with Crippen molar-refractivity contribution < 1.29 is 14.5 Å². The smallest absolute Gasteiger partial charge is 0.415 e. The maximum Gasteiger partial charge on any atom is 0.415 e. The van der Waals surface area contributed by atoms with Gasteiger partial charge in [-0.25, -0.2) is 4.79 Å². The van der Waals surface area contributed by atoms with Crippen molar-refractivity contribution in [2.75, 3.05) is 11.5 Å². The van der Waals surface area contributed by atoms with Crippen molar-refractivity contribution in [3.8, 4) is 6.07 Å². The Labute approximate surface area is 121 Å². The Bertz CT molecular complexity index is 676. The zero-order valence-corrected chi connectivity index (χ0v) is 11.6. The third-order valence-corrected chi connectivity index (χ3v) is 3.16. The van der Waals surface area contributed by atoms with Crippen molar-refractivity contribution in [1.82, 2.24) is 0 Å². The van der Waals surface area contributed by atoms with Crippen LogP contribution in [0.3, 0.4) is 0 Å². The predicted octanol–water partition coefficient (Wildman–Crippen LogP) is 2.79. The highest BCUT2D eigenvalue weighted by Gasteiger charge is 2.33. The molecule has 21 heavy (non-hydrogen) atoms. The van der Waals surface area contributed by atoms with Gasteiger partial charge in [0.05, 0.1) is 28.9 Å². The number of nitrogens with zero attached hydrogens (tertiary/aromatic N) is 3. The molecule has 108 valence electrons. The molecule has 0 saturated carbocycles. The largest absolute Gasteiger partial charge is 0.449 e. The monoisotopic (exact) mass is 287 g/mol. The minimum Gasteiger partial charge on any atom is -0.449 e. The number of carbonyl (C=O) groups excluding carboxylic acids is 1. The first-order chi connectivity index (χ1) is 10.0. The molecule has 0 bridgehead atoms. The first-order valence-corrected chi connectivity index (χ1v) is 6.33. The molecule has 1 aliphatic rings. The molecule has 0 N–H and O–H groups in total. The van der Waals surface area contributed by atoms with Gasteiger partial charge in [-0.05, 0) is 32.1 Å². The van der Waals surface area contributed by atoms with Crippen LogP contribution in [0.1, 0.15) is 18.1 Å². The van der Waals surface area contributed by atoms with E-state index in [9.17, 15) is 14.9 Å². The Morgan fingerprint density at radius 3 is 2.86 bits per heavy atom. The second-order valence-corrected chi connectivity index (χ2v) is 4.42. The number of benzene rings is 1. The summed E-state index contributed by atoms with van der Waals surface area (Å²) in [4.78, 5) is 23.9. The molecular formula is C14H13N3O4. The summed E-state index contributed by atoms with van der Waals surface area (Å²) >= 11 is 0. The van der Waals surface area contributed by atoms with Gasteiger partial charge in [-0.15, -0.1) is 0 Å². The number of carbonyl (C=O) groups is 1. The van der Waals surface area contributed by atoms with Crippen LogP contribution >= 0.6 is 0 Å². The van der Waals surface area contributed by atoms with Gasteiger partial charge >= 0.3 is 6.09 Å². The summed E-state index contributed by atoms with van der Waals surface area (Å²) in [5.74, 6) is 0. The highest BCUT2D eigenvalue weighted by molar-refractivity contribution is 5.96. The lowest BCUT2D eigenvalue weighted by Gasteiger charge is -2.29. The molecule has 1 heterocycles. The number of hydrogen-bond acceptors (Lipinski definition) is 5. The molecule has 0 fully saturated rings. The number of fused-ring (bicyclic) bond motifs is 1. The van der Waals surface area contributed by atoms with Gasteiger partial charge in [0.1, 0.15) is 6.04 Å². The van der Waals surface area contributed by atoms with E-state index in [1.165, 1.54) is 12.2 Å². The summed E-state index contributed by atoms with van der Waals surface area (Å²) < 4.78 is 4.93. The third kappa shape index (κ3) is 2.43. The zero-order valence-electron chi connectivity index (χ0n) is 11.6. The highest BCUT2D eigenvalue weighted by atomic mass is 16.6. The fraction of sp³-hybridized carbons (Fsp3) is 0.286. The fourth-order valence-electron chi connectivity index (χ4n) is 2.25. The van der Waals surface area contributed by atoms with E-state index in [-0.39, 0.29) is 12.3 Å². The van der Waals surface area contributed by atoms with Crippen LogP contribution in [0.25, 0.3) is 6.08 Å². The molecule has 0 aliphatic carbocycles. The summed E-state index contributed by atoms with van der Waals surface area (Å²) in [6.07, 6.45) is 2.25. The van der Waals surface area contributed by atoms with E-state index in [1.807, 2.05) is 6.07 Å². The van der Waals surface area contributed by atoms with Crippen LogP contribution in [0.2, 0.25) is 0 Å². The summed E-state index contributed by atoms with van der Waals surface area (Å²) in [5, 5.41) is 20.4. The van der Waals surface area contributed by atoms with Crippen LogP contribution < -0.4 is 4.90 Å². The van der Waals surface area contributed by atoms with Crippen molar-refractivity contribution >= 4 is 23.5 Å². The SMILES string of the molecule is CCOC(=O)N1c2ccc(C)c([N+](=O)[O-])c2C=CC1C#N. The van der Waals surface area contributed by atoms with Crippen molar-refractivity contribution in [2.24, 2.45) is 0 Å². The second kappa shape index (κ2) is 5.63. The summed E-state index contributed by atoms with van der Waals surface area (Å²) in [7, 11) is 0. The lowest BCUT2D eigenvalue weighted by atomic mass is 9.99. The van der Waals surface area contributed by atoms with Gasteiger partial charge in [-0.1, -0.05) is 6.07 Å². The molecule has 1 atom stereocenters. The average molecular weight is 287 g/mol. The van der Waals surface area contributed by atoms with Crippen LogP contribution in [-0.4, -0.2) is 23.7 Å². The molecule has 1 aromatic rings. The van der Waals surface area contributed by atoms with E-state index in [0.29, 0.717) is 16.8 Å². The summed E-state index contributed by atoms with van der Waals surface area (Å²) in [6, 6.07) is 4.26. The molecular weight excluding hydrogens is 274 g/mol. The average Bonchev–Trinajstić information content (AvgIpc) is 2.45. The highest BCUT2D eigenvalue weighted by Crippen LogP contribution is 2.37. The van der Waals surface area contributed by atoms with Gasteiger partial charge in [0.2, 0.25) is 0 Å². The van der Waals surface area contributed by atoms with Crippen molar-refractivity contribution in [3.63, 3.8) is 0 Å². The Balaban J connectivity index is 2.63. The third-order valence-electron chi connectivity index (χ3n) is 3.16. The maximum absolute atomic E-state index is 12.0. The first-order valence-electron chi connectivity index (χ1n) is 6.33. The van der Waals surface area contributed by atoms with Gasteiger partial charge in [0.25, 0.3) is 5.69 Å². The van der Waals surface area contributed by atoms with Crippen LogP contribution in [-0.2, 0) is 4.74 Å². The standard InChI is InChI=1S/C14H13N3O4/c1-3-21-14(18)16-10(8-15)5-6-11-12(16)7-4-9(2)13(11)17(19)20/h4-7,10H,3H2,1-2H3. The van der Waals surface area contributed by atoms with E-state index in [0.717, 1.165) is 4.90 Å². The Morgan fingerprint density at radius 2 is 2.29 bits per heavy atom. The first kappa shape index (κ1) is 14.5. The number of nitro benzene ring substituents is 1. The van der Waals surface area contributed by atoms with E-state index < -0.39 is 17.1 Å². The van der Waals surface area contributed by atoms with Crippen molar-refractivity contribution in [1.29, 1.82) is 5.26 Å². The maximum atomic E-state index is 12.0. The van der Waals surface area contributed by atoms with Gasteiger partial charge < -0.3 is 4.74 Å². The van der Waals surface area contributed by atoms with Gasteiger partial charge in [-0.3, -0.25) is 15.0 Å². The molecule has 1 unspecified atom stereocenters. The second-order valence-electron chi connectivity index (χ2n) is 4.42. The number of rotatable bonds is 2. The van der Waals surface area contributed by atoms with Crippen LogP contribution in [0, 0.1) is 28.4 Å². The molecule has 2 rings (SSSR count). The number of amides is 1. The number of aryl methyl sites for hydroxylation is 1. The van der Waals surface area contributed by atoms with Gasteiger partial charge in [0.15, 0.2) is 0 Å². The Hall–Kier alpha value is -2.88. The number of anilines is 1. The summed E-state index contributed by atoms with van der Waals surface area (Å²) in [5.41, 5.74) is 1.02. The lowest BCUT2D eigenvalue weighted by Crippen LogP contribution is -2.41. The minimum absolute atomic E-state index is 0.0746. The normalized spacial score (nSPS) is 16.0. The fourth-order valence-corrected chi connectivity index (χ4v) is 2.25. The van der Waals surface area contributed by atoms with Crippen LogP contribution in [0.15, 0.2) is 18.2 Å². The molecule has 0 radical (unpaired) electrons. The molecule has 1 aliphatic heterocycles. The molecule has 1 aromatic carbocycles. The number of hydrogen-bond donors (Lipinski definition) is 0. The molecule has 1 amide bonds. The lowest BCUT2D eigenvalue weighted by molar-refractivity contribution is -0.385. The molecule has 0 aromatic heterocycles. The van der Waals surface area contributed by atoms with Crippen LogP contribution in [0.5, 0.6) is 0 Å². The molecule has 7 heteroatoms. The summed E-state index contributed by atoms with van der Waals surface area (Å²) in [6.45, 7) is 3.43. The van der Waals surface area contributed by atoms with Crippen molar-refractivity contribution in [3.05, 3.63) is 39.4 Å². The van der Waals surface area contributed by atoms with Gasteiger partial charge in [-0.2, -0.15) is 5.26 Å². The predicted molar refractivity (Wildman–Crippen MR) is 75.8 cm³/mol. The Morgan fingerprint density at radius 1 is 1.57 bits per heavy atom. The van der Waals surface area contributed by atoms with Crippen LogP contribution in [0.4, 0.5) is 16.2 Å². The zero-order chi connectivity index (χ0) is 15.6. The van der Waals surface area contributed by atoms with E-state index in [1.54, 1.807) is 26.0 Å². The van der Waals surface area contributed by atoms with Crippen molar-refractivity contribution in [2.45, 2.75) is 19.9 Å². The van der Waals surface area contributed by atoms with E-state index in [2.05, 4.69) is 0 Å². The van der Waals surface area contributed by atoms with E-state index in [4.69, 9.17) is 10.00 Å². The number of nitro groups is 1. The molecule has 0 spiro atoms.